The van der Waals surface area contributed by atoms with Gasteiger partial charge in [-0.2, -0.15) is 0 Å². The molecule has 0 aliphatic carbocycles. The van der Waals surface area contributed by atoms with Crippen LogP contribution in [0.4, 0.5) is 4.79 Å². The molecule has 12 heteroatoms. The third-order valence-corrected chi connectivity index (χ3v) is 9.44. The second kappa shape index (κ2) is 18.5. The molecule has 272 valence electrons. The average molecular weight is 700 g/mol. The molecule has 11 nitrogen and oxygen atoms in total. The van der Waals surface area contributed by atoms with E-state index in [1.165, 1.54) is 4.90 Å². The molecule has 2 heterocycles. The van der Waals surface area contributed by atoms with Crippen LogP contribution in [0.2, 0.25) is 0 Å². The van der Waals surface area contributed by atoms with Crippen LogP contribution in [0.15, 0.2) is 29.8 Å². The Bertz CT molecular complexity index is 1380. The summed E-state index contributed by atoms with van der Waals surface area (Å²) in [4.78, 5) is 58.7. The molecule has 4 amide bonds. The minimum absolute atomic E-state index is 0.0410. The van der Waals surface area contributed by atoms with Crippen molar-refractivity contribution in [3.8, 4) is 10.4 Å². The van der Waals surface area contributed by atoms with Crippen molar-refractivity contribution in [1.82, 2.24) is 25.8 Å². The average Bonchev–Trinajstić information content (AvgIpc) is 3.63. The molecule has 1 unspecified atom stereocenters. The first-order valence-electron chi connectivity index (χ1n) is 17.6. The van der Waals surface area contributed by atoms with Crippen molar-refractivity contribution in [3.63, 3.8) is 0 Å². The van der Waals surface area contributed by atoms with E-state index in [9.17, 15) is 24.3 Å². The van der Waals surface area contributed by atoms with Crippen LogP contribution in [-0.4, -0.2) is 75.7 Å². The molecule has 2 aromatic rings. The molecule has 1 saturated heterocycles. The minimum Gasteiger partial charge on any atom is -0.444 e. The lowest BCUT2D eigenvalue weighted by atomic mass is 9.85. The standard InChI is InChI=1S/C37H57N5O6S/c1-25-31(49-24-40-25)27-18-16-26(17-19-27)22-39-33(45)29-21-28(43)23-42(29)34(46)32(36(2,3)4)41-30(44)15-13-11-9-8-10-12-14-20-38-35(47)48-37(5,6)7/h16-19,24,28-29,32,43H,8-15,20-23H2,1-7H3,(H,38,47)(H,39,45)(H,41,44)/t28-,29+,32?/m1/s1. The lowest BCUT2D eigenvalue weighted by Crippen LogP contribution is -2.57. The third kappa shape index (κ3) is 13.4. The van der Waals surface area contributed by atoms with Gasteiger partial charge in [0.2, 0.25) is 17.7 Å². The summed E-state index contributed by atoms with van der Waals surface area (Å²) in [5, 5.41) is 19.1. The van der Waals surface area contributed by atoms with Crippen molar-refractivity contribution in [3.05, 3.63) is 41.0 Å². The van der Waals surface area contributed by atoms with Crippen molar-refractivity contribution in [1.29, 1.82) is 0 Å². The lowest BCUT2D eigenvalue weighted by molar-refractivity contribution is -0.144. The number of nitrogens with one attached hydrogen (secondary N) is 3. The van der Waals surface area contributed by atoms with E-state index >= 15 is 0 Å². The smallest absolute Gasteiger partial charge is 0.407 e. The normalized spacial score (nSPS) is 17.0. The fraction of sp³-hybridized carbons (Fsp3) is 0.649. The molecule has 4 N–H and O–H groups in total. The number of rotatable bonds is 16. The number of thiazole rings is 1. The van der Waals surface area contributed by atoms with Crippen molar-refractivity contribution in [2.24, 2.45) is 5.41 Å². The maximum Gasteiger partial charge on any atom is 0.407 e. The fourth-order valence-corrected chi connectivity index (χ4v) is 6.62. The molecule has 0 saturated carbocycles. The van der Waals surface area contributed by atoms with Crippen LogP contribution in [0.25, 0.3) is 10.4 Å². The second-order valence-electron chi connectivity index (χ2n) is 15.1. The number of aromatic nitrogens is 1. The van der Waals surface area contributed by atoms with E-state index in [-0.39, 0.29) is 36.8 Å². The molecule has 1 aliphatic heterocycles. The highest BCUT2D eigenvalue weighted by molar-refractivity contribution is 7.13. The molecule has 1 fully saturated rings. The van der Waals surface area contributed by atoms with Gasteiger partial charge >= 0.3 is 6.09 Å². The predicted molar refractivity (Wildman–Crippen MR) is 193 cm³/mol. The van der Waals surface area contributed by atoms with Gasteiger partial charge in [-0.1, -0.05) is 77.1 Å². The zero-order chi connectivity index (χ0) is 36.2. The van der Waals surface area contributed by atoms with Crippen LogP contribution in [-0.2, 0) is 25.7 Å². The predicted octanol–water partition coefficient (Wildman–Crippen LogP) is 5.87. The number of alkyl carbamates (subject to hydrolysis) is 1. The Morgan fingerprint density at radius 2 is 1.59 bits per heavy atom. The molecule has 0 spiro atoms. The van der Waals surface area contributed by atoms with E-state index in [4.69, 9.17) is 4.74 Å². The second-order valence-corrected chi connectivity index (χ2v) is 16.0. The molecule has 1 aromatic carbocycles. The van der Waals surface area contributed by atoms with Gasteiger partial charge in [0.1, 0.15) is 17.7 Å². The van der Waals surface area contributed by atoms with Crippen molar-refractivity contribution < 1.29 is 29.0 Å². The summed E-state index contributed by atoms with van der Waals surface area (Å²) in [7, 11) is 0. The van der Waals surface area contributed by atoms with E-state index in [1.807, 2.05) is 78.2 Å². The quantitative estimate of drug-likeness (QED) is 0.160. The Labute approximate surface area is 296 Å². The molecule has 0 bridgehead atoms. The number of ether oxygens (including phenoxy) is 1. The Hall–Kier alpha value is -3.51. The molecular formula is C37H57N5O6S. The van der Waals surface area contributed by atoms with Gasteiger partial charge in [0.05, 0.1) is 22.2 Å². The number of amides is 4. The van der Waals surface area contributed by atoms with Crippen molar-refractivity contribution in [2.75, 3.05) is 13.1 Å². The highest BCUT2D eigenvalue weighted by atomic mass is 32.1. The number of aliphatic hydroxyl groups excluding tert-OH is 1. The summed E-state index contributed by atoms with van der Waals surface area (Å²) in [5.41, 5.74) is 3.69. The largest absolute Gasteiger partial charge is 0.444 e. The summed E-state index contributed by atoms with van der Waals surface area (Å²) in [6, 6.07) is 6.27. The topological polar surface area (TPSA) is 150 Å². The number of likely N-dealkylation sites (tertiary alicyclic amines) is 1. The summed E-state index contributed by atoms with van der Waals surface area (Å²) in [5.74, 6) is -0.882. The summed E-state index contributed by atoms with van der Waals surface area (Å²) >= 11 is 1.58. The molecule has 1 aliphatic rings. The highest BCUT2D eigenvalue weighted by Crippen LogP contribution is 2.28. The zero-order valence-corrected chi connectivity index (χ0v) is 31.2. The molecule has 49 heavy (non-hydrogen) atoms. The number of aryl methyl sites for hydroxylation is 1. The SMILES string of the molecule is Cc1ncsc1-c1ccc(CNC(=O)[C@@H]2C[C@@H](O)CN2C(=O)C(NC(=O)CCCCCCCCCNC(=O)OC(C)(C)C)C(C)(C)C)cc1. The number of carbonyl (C=O) groups excluding carboxylic acids is 4. The Morgan fingerprint density at radius 1 is 0.959 bits per heavy atom. The number of hydrogen-bond donors (Lipinski definition) is 4. The van der Waals surface area contributed by atoms with Gasteiger partial charge in [0.25, 0.3) is 0 Å². The highest BCUT2D eigenvalue weighted by Gasteiger charge is 2.44. The number of β-amino-alcohol motifs (C(OH)–C–C–N with tert-alkyl or cyclic N) is 1. The van der Waals surface area contributed by atoms with E-state index < -0.39 is 29.2 Å². The van der Waals surface area contributed by atoms with Crippen LogP contribution in [0.3, 0.4) is 0 Å². The number of carbonyl (C=O) groups is 4. The third-order valence-electron chi connectivity index (χ3n) is 8.46. The zero-order valence-electron chi connectivity index (χ0n) is 30.4. The number of hydrogen-bond acceptors (Lipinski definition) is 8. The fourth-order valence-electron chi connectivity index (χ4n) is 5.81. The number of nitrogens with zero attached hydrogens (tertiary/aromatic N) is 2. The molecular weight excluding hydrogens is 643 g/mol. The first kappa shape index (κ1) is 39.9. The van der Waals surface area contributed by atoms with Crippen LogP contribution < -0.4 is 16.0 Å². The lowest BCUT2D eigenvalue weighted by Gasteiger charge is -2.35. The number of unbranched alkanes of at least 4 members (excludes halogenated alkanes) is 6. The van der Waals surface area contributed by atoms with Crippen molar-refractivity contribution >= 4 is 35.2 Å². The van der Waals surface area contributed by atoms with Gasteiger partial charge < -0.3 is 30.7 Å². The minimum atomic E-state index is -0.836. The van der Waals surface area contributed by atoms with E-state index in [0.29, 0.717) is 19.5 Å². The van der Waals surface area contributed by atoms with Gasteiger partial charge in [-0.05, 0) is 57.1 Å². The van der Waals surface area contributed by atoms with Gasteiger partial charge in [-0.25, -0.2) is 9.78 Å². The number of benzene rings is 1. The van der Waals surface area contributed by atoms with Crippen LogP contribution in [0.5, 0.6) is 0 Å². The van der Waals surface area contributed by atoms with Crippen molar-refractivity contribution in [2.45, 2.75) is 137 Å². The first-order valence-corrected chi connectivity index (χ1v) is 18.4. The van der Waals surface area contributed by atoms with Gasteiger partial charge in [-0.15, -0.1) is 11.3 Å². The van der Waals surface area contributed by atoms with Gasteiger partial charge in [0, 0.05) is 32.5 Å². The Kier molecular flexibility index (Phi) is 15.1. The van der Waals surface area contributed by atoms with Crippen LogP contribution in [0.1, 0.15) is 111 Å². The van der Waals surface area contributed by atoms with E-state index in [0.717, 1.165) is 66.6 Å². The molecule has 1 aromatic heterocycles. The monoisotopic (exact) mass is 699 g/mol. The summed E-state index contributed by atoms with van der Waals surface area (Å²) in [6.45, 7) is 14.1. The van der Waals surface area contributed by atoms with E-state index in [2.05, 4.69) is 20.9 Å². The van der Waals surface area contributed by atoms with Crippen LogP contribution in [0, 0.1) is 12.3 Å². The van der Waals surface area contributed by atoms with E-state index in [1.54, 1.807) is 11.3 Å². The Morgan fingerprint density at radius 3 is 2.18 bits per heavy atom. The molecule has 3 atom stereocenters. The summed E-state index contributed by atoms with van der Waals surface area (Å²) in [6.07, 6.45) is 5.89. The first-order chi connectivity index (χ1) is 23.0. The maximum atomic E-state index is 13.8. The van der Waals surface area contributed by atoms with Crippen LogP contribution >= 0.6 is 11.3 Å². The summed E-state index contributed by atoms with van der Waals surface area (Å²) < 4.78 is 5.23. The maximum absolute atomic E-state index is 13.8. The molecule has 0 radical (unpaired) electrons. The number of aliphatic hydroxyl groups is 1. The van der Waals surface area contributed by atoms with Gasteiger partial charge in [-0.3, -0.25) is 14.4 Å². The van der Waals surface area contributed by atoms with Gasteiger partial charge in [0.15, 0.2) is 0 Å². The Balaban J connectivity index is 1.41. The molecule has 3 rings (SSSR count).